The van der Waals surface area contributed by atoms with E-state index < -0.39 is 17.5 Å². The van der Waals surface area contributed by atoms with Gasteiger partial charge in [0.1, 0.15) is 0 Å². The van der Waals surface area contributed by atoms with Crippen LogP contribution in [0.1, 0.15) is 29.9 Å². The van der Waals surface area contributed by atoms with Crippen LogP contribution in [0.25, 0.3) is 27.7 Å². The molecule has 0 radical (unpaired) electrons. The molecule has 2 N–H and O–H groups in total. The van der Waals surface area contributed by atoms with Gasteiger partial charge < -0.3 is 24.5 Å². The summed E-state index contributed by atoms with van der Waals surface area (Å²) in [5, 5.41) is 15.9. The predicted octanol–water partition coefficient (Wildman–Crippen LogP) is 5.86. The highest BCUT2D eigenvalue weighted by molar-refractivity contribution is 6.11. The molecule has 0 bridgehead atoms. The molecule has 0 saturated carbocycles. The Morgan fingerprint density at radius 3 is 1.93 bits per heavy atom. The molecule has 0 saturated heterocycles. The maximum atomic E-state index is 13.6. The molecule has 1 heterocycles. The topological polar surface area (TPSA) is 107 Å². The molecule has 42 heavy (non-hydrogen) atoms. The highest BCUT2D eigenvalue weighted by Crippen LogP contribution is 2.44. The van der Waals surface area contributed by atoms with E-state index in [1.54, 1.807) is 66.9 Å². The number of nitrogens with zero attached hydrogens (tertiary/aromatic N) is 1. The lowest BCUT2D eigenvalue weighted by molar-refractivity contribution is -0.185. The smallest absolute Gasteiger partial charge is 0.356 e. The Morgan fingerprint density at radius 2 is 1.29 bits per heavy atom. The average molecular weight is 563 g/mol. The zero-order valence-electron chi connectivity index (χ0n) is 23.2. The lowest BCUT2D eigenvalue weighted by Crippen LogP contribution is -2.47. The van der Waals surface area contributed by atoms with Gasteiger partial charge in [-0.3, -0.25) is 4.79 Å². The number of carbonyl (C=O) groups excluding carboxylic acids is 3. The van der Waals surface area contributed by atoms with Gasteiger partial charge in [-0.15, -0.1) is 0 Å². The highest BCUT2D eigenvalue weighted by Gasteiger charge is 2.54. The lowest BCUT2D eigenvalue weighted by Gasteiger charge is -2.27. The summed E-state index contributed by atoms with van der Waals surface area (Å²) in [4.78, 5) is 40.5. The SMILES string of the molecule is CCOC(=O)C(O)(C(=O)OCC)c1c(-c2ccccc2)c2ccccc2n1-c1ccccc1NC(=O)c1ccccc1. The molecule has 212 valence electrons. The fourth-order valence-corrected chi connectivity index (χ4v) is 5.04. The van der Waals surface area contributed by atoms with E-state index in [4.69, 9.17) is 9.47 Å². The van der Waals surface area contributed by atoms with E-state index in [0.29, 0.717) is 39.0 Å². The van der Waals surface area contributed by atoms with Crippen LogP contribution in [-0.4, -0.2) is 40.7 Å². The van der Waals surface area contributed by atoms with Crippen LogP contribution in [0.3, 0.4) is 0 Å². The second kappa shape index (κ2) is 12.1. The summed E-state index contributed by atoms with van der Waals surface area (Å²) >= 11 is 0. The third kappa shape index (κ3) is 5.04. The fraction of sp³-hybridized carbons (Fsp3) is 0.147. The number of carbonyl (C=O) groups is 3. The normalized spacial score (nSPS) is 11.2. The number of fused-ring (bicyclic) bond motifs is 1. The molecule has 0 unspecified atom stereocenters. The van der Waals surface area contributed by atoms with Gasteiger partial charge in [0.2, 0.25) is 0 Å². The van der Waals surface area contributed by atoms with Crippen molar-refractivity contribution in [1.29, 1.82) is 0 Å². The number of anilines is 1. The minimum Gasteiger partial charge on any atom is -0.463 e. The molecule has 0 atom stereocenters. The first kappa shape index (κ1) is 28.3. The molecule has 1 amide bonds. The number of para-hydroxylation sites is 3. The molecule has 5 rings (SSSR count). The van der Waals surface area contributed by atoms with Gasteiger partial charge in [-0.25, -0.2) is 9.59 Å². The number of aliphatic hydroxyl groups is 1. The van der Waals surface area contributed by atoms with E-state index in [9.17, 15) is 19.5 Å². The van der Waals surface area contributed by atoms with Crippen molar-refractivity contribution in [3.8, 4) is 16.8 Å². The molecule has 0 fully saturated rings. The summed E-state index contributed by atoms with van der Waals surface area (Å²) in [5.41, 5.74) is 0.0224. The first-order valence-corrected chi connectivity index (χ1v) is 13.6. The molecule has 8 heteroatoms. The van der Waals surface area contributed by atoms with Gasteiger partial charge in [-0.2, -0.15) is 0 Å². The van der Waals surface area contributed by atoms with Gasteiger partial charge in [0.25, 0.3) is 5.91 Å². The maximum absolute atomic E-state index is 13.6. The van der Waals surface area contributed by atoms with E-state index in [2.05, 4.69) is 5.32 Å². The predicted molar refractivity (Wildman–Crippen MR) is 160 cm³/mol. The number of benzene rings is 4. The summed E-state index contributed by atoms with van der Waals surface area (Å²) < 4.78 is 12.2. The van der Waals surface area contributed by atoms with Crippen molar-refractivity contribution < 1.29 is 29.0 Å². The van der Waals surface area contributed by atoms with E-state index in [0.717, 1.165) is 0 Å². The Bertz CT molecular complexity index is 1730. The number of rotatable bonds is 9. The monoisotopic (exact) mass is 562 g/mol. The van der Waals surface area contributed by atoms with Crippen LogP contribution in [-0.2, 0) is 24.7 Å². The molecular weight excluding hydrogens is 532 g/mol. The summed E-state index contributed by atoms with van der Waals surface area (Å²) in [6.07, 6.45) is 0. The number of hydrogen-bond donors (Lipinski definition) is 2. The van der Waals surface area contributed by atoms with E-state index >= 15 is 0 Å². The molecule has 0 spiro atoms. The first-order valence-electron chi connectivity index (χ1n) is 13.6. The summed E-state index contributed by atoms with van der Waals surface area (Å²) in [6.45, 7) is 3.02. The Balaban J connectivity index is 1.87. The molecule has 0 aliphatic rings. The lowest BCUT2D eigenvalue weighted by atomic mass is 9.91. The number of hydrogen-bond acceptors (Lipinski definition) is 6. The van der Waals surface area contributed by atoms with Gasteiger partial charge >= 0.3 is 17.5 Å². The van der Waals surface area contributed by atoms with E-state index in [-0.39, 0.29) is 24.8 Å². The zero-order chi connectivity index (χ0) is 29.7. The molecule has 5 aromatic rings. The number of aromatic nitrogens is 1. The number of amides is 1. The van der Waals surface area contributed by atoms with Crippen molar-refractivity contribution in [1.82, 2.24) is 4.57 Å². The van der Waals surface area contributed by atoms with Crippen LogP contribution in [0.4, 0.5) is 5.69 Å². The van der Waals surface area contributed by atoms with Crippen LogP contribution in [0, 0.1) is 0 Å². The van der Waals surface area contributed by atoms with E-state index in [1.807, 2.05) is 60.7 Å². The van der Waals surface area contributed by atoms with Crippen LogP contribution in [0.5, 0.6) is 0 Å². The van der Waals surface area contributed by atoms with Crippen LogP contribution >= 0.6 is 0 Å². The van der Waals surface area contributed by atoms with Crippen molar-refractivity contribution in [3.63, 3.8) is 0 Å². The Kier molecular flexibility index (Phi) is 8.17. The second-order valence-electron chi connectivity index (χ2n) is 9.43. The van der Waals surface area contributed by atoms with Gasteiger partial charge in [0.15, 0.2) is 0 Å². The van der Waals surface area contributed by atoms with Gasteiger partial charge in [0.05, 0.1) is 35.8 Å². The van der Waals surface area contributed by atoms with Crippen molar-refractivity contribution in [3.05, 3.63) is 120 Å². The van der Waals surface area contributed by atoms with Crippen LogP contribution in [0.15, 0.2) is 109 Å². The quantitative estimate of drug-likeness (QED) is 0.172. The maximum Gasteiger partial charge on any atom is 0.356 e. The largest absolute Gasteiger partial charge is 0.463 e. The molecule has 0 aliphatic heterocycles. The first-order chi connectivity index (χ1) is 20.4. The zero-order valence-corrected chi connectivity index (χ0v) is 23.2. The Labute approximate surface area is 243 Å². The third-order valence-corrected chi connectivity index (χ3v) is 6.85. The molecule has 1 aromatic heterocycles. The average Bonchev–Trinajstić information content (AvgIpc) is 3.37. The second-order valence-corrected chi connectivity index (χ2v) is 9.43. The van der Waals surface area contributed by atoms with Crippen LogP contribution in [0.2, 0.25) is 0 Å². The number of ether oxygens (including phenoxy) is 2. The number of esters is 2. The van der Waals surface area contributed by atoms with Crippen LogP contribution < -0.4 is 5.32 Å². The summed E-state index contributed by atoms with van der Waals surface area (Å²) in [7, 11) is 0. The fourth-order valence-electron chi connectivity index (χ4n) is 5.04. The van der Waals surface area contributed by atoms with Gasteiger partial charge in [0, 0.05) is 16.5 Å². The Morgan fingerprint density at radius 1 is 0.738 bits per heavy atom. The van der Waals surface area contributed by atoms with Crippen molar-refractivity contribution in [2.75, 3.05) is 18.5 Å². The van der Waals surface area contributed by atoms with Crippen molar-refractivity contribution in [2.24, 2.45) is 0 Å². The molecule has 8 nitrogen and oxygen atoms in total. The summed E-state index contributed by atoms with van der Waals surface area (Å²) in [5.74, 6) is -2.69. The number of nitrogens with one attached hydrogen (secondary N) is 1. The van der Waals surface area contributed by atoms with Crippen molar-refractivity contribution in [2.45, 2.75) is 19.4 Å². The standard InChI is InChI=1S/C34H30N2O6/c1-3-41-32(38)34(40,33(39)42-4-2)30-29(23-15-7-5-8-16-23)25-19-11-13-21-27(25)36(30)28-22-14-12-20-26(28)35-31(37)24-17-9-6-10-18-24/h5-22,40H,3-4H2,1-2H3,(H,35,37). The minimum absolute atomic E-state index is 0.0618. The highest BCUT2D eigenvalue weighted by atomic mass is 16.6. The van der Waals surface area contributed by atoms with Gasteiger partial charge in [-0.05, 0) is 49.7 Å². The van der Waals surface area contributed by atoms with Crippen molar-refractivity contribution >= 4 is 34.4 Å². The Hall–Kier alpha value is -5.21. The van der Waals surface area contributed by atoms with Gasteiger partial charge in [-0.1, -0.05) is 78.9 Å². The molecule has 4 aromatic carbocycles. The molecule has 0 aliphatic carbocycles. The summed E-state index contributed by atoms with van der Waals surface area (Å²) in [6, 6.07) is 32.2. The third-order valence-electron chi connectivity index (χ3n) is 6.85. The van der Waals surface area contributed by atoms with E-state index in [1.165, 1.54) is 0 Å². The minimum atomic E-state index is -2.85. The molecular formula is C34H30N2O6.